The van der Waals surface area contributed by atoms with Gasteiger partial charge < -0.3 is 10.2 Å². The van der Waals surface area contributed by atoms with Gasteiger partial charge in [0.25, 0.3) is 0 Å². The van der Waals surface area contributed by atoms with Crippen molar-refractivity contribution in [3.63, 3.8) is 0 Å². The number of hydrogen-bond donors (Lipinski definition) is 1. The summed E-state index contributed by atoms with van der Waals surface area (Å²) in [5.41, 5.74) is 2.72. The molecule has 0 saturated carbocycles. The molecule has 0 aliphatic carbocycles. The van der Waals surface area contributed by atoms with Crippen LogP contribution in [-0.4, -0.2) is 42.2 Å². The highest BCUT2D eigenvalue weighted by Gasteiger charge is 2.19. The zero-order valence-corrected chi connectivity index (χ0v) is 14.1. The smallest absolute Gasteiger partial charge is 0.217 e. The zero-order chi connectivity index (χ0) is 15.2. The van der Waals surface area contributed by atoms with E-state index in [1.54, 1.807) is 6.92 Å². The Morgan fingerprint density at radius 3 is 2.90 bits per heavy atom. The maximum absolute atomic E-state index is 11.1. The zero-order valence-electron chi connectivity index (χ0n) is 13.3. The lowest BCUT2D eigenvalue weighted by Crippen LogP contribution is -2.47. The molecule has 116 valence electrons. The van der Waals surface area contributed by atoms with Gasteiger partial charge in [-0.25, -0.2) is 0 Å². The molecule has 4 heteroatoms. The van der Waals surface area contributed by atoms with Gasteiger partial charge in [-0.2, -0.15) is 0 Å². The minimum atomic E-state index is 0.0892. The lowest BCUT2D eigenvalue weighted by molar-refractivity contribution is -0.120. The number of piperidine rings is 1. The molecule has 1 heterocycles. The Bertz CT molecular complexity index is 490. The number of likely N-dealkylation sites (tertiary alicyclic amines) is 1. The second kappa shape index (κ2) is 7.85. The molecule has 1 amide bonds. The standard InChI is InChI=1S/C17H26N2OS/c1-13-6-7-17(11-14(13)2)21-10-9-19-8-4-5-16(12-19)18-15(3)20/h6-7,11,16H,4-5,8-10,12H2,1-3H3,(H,18,20). The summed E-state index contributed by atoms with van der Waals surface area (Å²) < 4.78 is 0. The number of nitrogens with one attached hydrogen (secondary N) is 1. The normalized spacial score (nSPS) is 19.5. The summed E-state index contributed by atoms with van der Waals surface area (Å²) in [4.78, 5) is 15.0. The molecule has 2 rings (SSSR count). The van der Waals surface area contributed by atoms with Gasteiger partial charge in [-0.05, 0) is 56.5 Å². The topological polar surface area (TPSA) is 32.3 Å². The van der Waals surface area contributed by atoms with E-state index in [4.69, 9.17) is 0 Å². The van der Waals surface area contributed by atoms with Gasteiger partial charge >= 0.3 is 0 Å². The van der Waals surface area contributed by atoms with Gasteiger partial charge in [0.15, 0.2) is 0 Å². The number of carbonyl (C=O) groups excluding carboxylic acids is 1. The molecular weight excluding hydrogens is 280 g/mol. The molecular formula is C17H26N2OS. The highest BCUT2D eigenvalue weighted by Crippen LogP contribution is 2.21. The number of hydrogen-bond acceptors (Lipinski definition) is 3. The first kappa shape index (κ1) is 16.4. The van der Waals surface area contributed by atoms with E-state index in [0.717, 1.165) is 31.8 Å². The van der Waals surface area contributed by atoms with Gasteiger partial charge in [0, 0.05) is 36.7 Å². The number of amides is 1. The van der Waals surface area contributed by atoms with Gasteiger partial charge in [-0.1, -0.05) is 6.07 Å². The van der Waals surface area contributed by atoms with Crippen molar-refractivity contribution in [2.24, 2.45) is 0 Å². The lowest BCUT2D eigenvalue weighted by atomic mass is 10.1. The molecule has 1 unspecified atom stereocenters. The molecule has 21 heavy (non-hydrogen) atoms. The highest BCUT2D eigenvalue weighted by molar-refractivity contribution is 7.99. The second-order valence-corrected chi connectivity index (χ2v) is 7.10. The molecule has 0 spiro atoms. The van der Waals surface area contributed by atoms with Crippen molar-refractivity contribution in [3.05, 3.63) is 29.3 Å². The average molecular weight is 306 g/mol. The van der Waals surface area contributed by atoms with Crippen molar-refractivity contribution in [2.75, 3.05) is 25.4 Å². The Kier molecular flexibility index (Phi) is 6.12. The van der Waals surface area contributed by atoms with E-state index in [0.29, 0.717) is 6.04 Å². The van der Waals surface area contributed by atoms with E-state index in [9.17, 15) is 4.79 Å². The highest BCUT2D eigenvalue weighted by atomic mass is 32.2. The fourth-order valence-electron chi connectivity index (χ4n) is 2.76. The quantitative estimate of drug-likeness (QED) is 0.849. The Morgan fingerprint density at radius 1 is 1.38 bits per heavy atom. The summed E-state index contributed by atoms with van der Waals surface area (Å²) in [6, 6.07) is 7.02. The average Bonchev–Trinajstić information content (AvgIpc) is 2.42. The maximum Gasteiger partial charge on any atom is 0.217 e. The summed E-state index contributed by atoms with van der Waals surface area (Å²) in [6.07, 6.45) is 2.29. The molecule has 0 radical (unpaired) electrons. The van der Waals surface area contributed by atoms with Crippen molar-refractivity contribution in [1.29, 1.82) is 0 Å². The third-order valence-electron chi connectivity index (χ3n) is 4.07. The van der Waals surface area contributed by atoms with Crippen LogP contribution in [0.5, 0.6) is 0 Å². The van der Waals surface area contributed by atoms with Crippen LogP contribution in [0, 0.1) is 13.8 Å². The van der Waals surface area contributed by atoms with Crippen LogP contribution < -0.4 is 5.32 Å². The molecule has 1 atom stereocenters. The fraction of sp³-hybridized carbons (Fsp3) is 0.588. The molecule has 1 aromatic carbocycles. The number of thioether (sulfide) groups is 1. The van der Waals surface area contributed by atoms with Gasteiger partial charge in [0.05, 0.1) is 0 Å². The van der Waals surface area contributed by atoms with Crippen molar-refractivity contribution >= 4 is 17.7 Å². The predicted molar refractivity (Wildman–Crippen MR) is 89.9 cm³/mol. The van der Waals surface area contributed by atoms with E-state index in [2.05, 4.69) is 42.3 Å². The number of rotatable bonds is 5. The Morgan fingerprint density at radius 2 is 2.19 bits per heavy atom. The van der Waals surface area contributed by atoms with Crippen LogP contribution in [-0.2, 0) is 4.79 Å². The summed E-state index contributed by atoms with van der Waals surface area (Å²) >= 11 is 1.92. The molecule has 3 nitrogen and oxygen atoms in total. The molecule has 1 aliphatic rings. The molecule has 0 bridgehead atoms. The number of benzene rings is 1. The van der Waals surface area contributed by atoms with Crippen LogP contribution in [0.3, 0.4) is 0 Å². The van der Waals surface area contributed by atoms with Crippen LogP contribution in [0.1, 0.15) is 30.9 Å². The first-order valence-corrected chi connectivity index (χ1v) is 8.72. The number of nitrogens with zero attached hydrogens (tertiary/aromatic N) is 1. The van der Waals surface area contributed by atoms with Gasteiger partial charge in [-0.3, -0.25) is 4.79 Å². The minimum absolute atomic E-state index is 0.0892. The first-order valence-electron chi connectivity index (χ1n) is 7.74. The molecule has 1 aliphatic heterocycles. The molecule has 1 N–H and O–H groups in total. The summed E-state index contributed by atoms with van der Waals surface area (Å²) in [6.45, 7) is 9.17. The fourth-order valence-corrected chi connectivity index (χ4v) is 3.77. The monoisotopic (exact) mass is 306 g/mol. The SMILES string of the molecule is CC(=O)NC1CCCN(CCSc2ccc(C)c(C)c2)C1. The van der Waals surface area contributed by atoms with E-state index < -0.39 is 0 Å². The van der Waals surface area contributed by atoms with Gasteiger partial charge in [0.2, 0.25) is 5.91 Å². The Labute approximate surface area is 132 Å². The van der Waals surface area contributed by atoms with E-state index >= 15 is 0 Å². The van der Waals surface area contributed by atoms with Crippen molar-refractivity contribution in [3.8, 4) is 0 Å². The molecule has 0 aromatic heterocycles. The van der Waals surface area contributed by atoms with E-state index in [1.165, 1.54) is 22.4 Å². The van der Waals surface area contributed by atoms with Crippen molar-refractivity contribution < 1.29 is 4.79 Å². The summed E-state index contributed by atoms with van der Waals surface area (Å²) in [7, 11) is 0. The molecule has 1 fully saturated rings. The number of carbonyl (C=O) groups is 1. The van der Waals surface area contributed by atoms with Crippen LogP contribution in [0.4, 0.5) is 0 Å². The third kappa shape index (κ3) is 5.36. The largest absolute Gasteiger partial charge is 0.352 e. The van der Waals surface area contributed by atoms with Crippen LogP contribution in [0.2, 0.25) is 0 Å². The Balaban J connectivity index is 1.75. The van der Waals surface area contributed by atoms with Crippen LogP contribution in [0.15, 0.2) is 23.1 Å². The van der Waals surface area contributed by atoms with E-state index in [1.807, 2.05) is 11.8 Å². The maximum atomic E-state index is 11.1. The van der Waals surface area contributed by atoms with Gasteiger partial charge in [0.1, 0.15) is 0 Å². The van der Waals surface area contributed by atoms with Gasteiger partial charge in [-0.15, -0.1) is 11.8 Å². The van der Waals surface area contributed by atoms with Crippen LogP contribution in [0.25, 0.3) is 0 Å². The predicted octanol–water partition coefficient (Wildman–Crippen LogP) is 3.00. The first-order chi connectivity index (χ1) is 10.0. The number of aryl methyl sites for hydroxylation is 2. The van der Waals surface area contributed by atoms with Crippen molar-refractivity contribution in [2.45, 2.75) is 44.6 Å². The lowest BCUT2D eigenvalue weighted by Gasteiger charge is -2.32. The van der Waals surface area contributed by atoms with E-state index in [-0.39, 0.29) is 5.91 Å². The van der Waals surface area contributed by atoms with Crippen molar-refractivity contribution in [1.82, 2.24) is 10.2 Å². The molecule has 1 saturated heterocycles. The summed E-state index contributed by atoms with van der Waals surface area (Å²) in [5.74, 6) is 1.20. The second-order valence-electron chi connectivity index (χ2n) is 5.93. The molecule has 1 aromatic rings. The summed E-state index contributed by atoms with van der Waals surface area (Å²) in [5, 5.41) is 3.05. The van der Waals surface area contributed by atoms with Crippen LogP contribution >= 0.6 is 11.8 Å². The Hall–Kier alpha value is -1.00. The third-order valence-corrected chi connectivity index (χ3v) is 5.04. The minimum Gasteiger partial charge on any atom is -0.352 e.